The number of hydrogen-bond acceptors (Lipinski definition) is 2. The fourth-order valence-corrected chi connectivity index (χ4v) is 1.21. The Morgan fingerprint density at radius 2 is 2.00 bits per heavy atom. The summed E-state index contributed by atoms with van der Waals surface area (Å²) in [5, 5.41) is 12.5. The molecule has 14 heavy (non-hydrogen) atoms. The van der Waals surface area contributed by atoms with Crippen LogP contribution in [0.5, 0.6) is 0 Å². The fourth-order valence-electron chi connectivity index (χ4n) is 1.21. The van der Waals surface area contributed by atoms with Crippen LogP contribution >= 0.6 is 0 Å². The highest BCUT2D eigenvalue weighted by Crippen LogP contribution is 2.18. The van der Waals surface area contributed by atoms with Crippen molar-refractivity contribution < 1.29 is 5.11 Å². The molecule has 0 fully saturated rings. The van der Waals surface area contributed by atoms with Crippen molar-refractivity contribution in [3.8, 4) is 0 Å². The van der Waals surface area contributed by atoms with Crippen LogP contribution in [0.2, 0.25) is 0 Å². The lowest BCUT2D eigenvalue weighted by Gasteiger charge is -2.22. The summed E-state index contributed by atoms with van der Waals surface area (Å²) in [5.41, 5.74) is 1.76. The lowest BCUT2D eigenvalue weighted by atomic mass is 10.1. The Hall–Kier alpha value is -1.44. The molecule has 2 heteroatoms. The smallest absolute Gasteiger partial charge is 0.115 e. The molecule has 0 spiro atoms. The topological polar surface area (TPSA) is 32.3 Å². The lowest BCUT2D eigenvalue weighted by molar-refractivity contribution is 0.514. The van der Waals surface area contributed by atoms with E-state index in [9.17, 15) is 5.11 Å². The summed E-state index contributed by atoms with van der Waals surface area (Å²) in [6.07, 6.45) is 0. The van der Waals surface area contributed by atoms with Crippen LogP contribution in [0.15, 0.2) is 30.8 Å². The zero-order valence-corrected chi connectivity index (χ0v) is 8.96. The summed E-state index contributed by atoms with van der Waals surface area (Å²) in [5.74, 6) is 0.0996. The first-order chi connectivity index (χ1) is 6.38. The van der Waals surface area contributed by atoms with Gasteiger partial charge in [0.05, 0.1) is 0 Å². The fraction of sp³-hybridized carbons (Fsp3) is 0.333. The van der Waals surface area contributed by atoms with Gasteiger partial charge < -0.3 is 10.4 Å². The monoisotopic (exact) mass is 191 g/mol. The van der Waals surface area contributed by atoms with Gasteiger partial charge in [-0.05, 0) is 32.9 Å². The minimum absolute atomic E-state index is 0.0232. The Balaban J connectivity index is 2.89. The van der Waals surface area contributed by atoms with E-state index in [4.69, 9.17) is 0 Å². The normalized spacial score (nSPS) is 11.1. The average molecular weight is 191 g/mol. The molecule has 0 saturated carbocycles. The van der Waals surface area contributed by atoms with Crippen molar-refractivity contribution in [3.63, 3.8) is 0 Å². The molecule has 0 atom stereocenters. The van der Waals surface area contributed by atoms with Crippen LogP contribution in [0, 0.1) is 0 Å². The summed E-state index contributed by atoms with van der Waals surface area (Å²) in [4.78, 5) is 0. The first-order valence-electron chi connectivity index (χ1n) is 4.65. The minimum atomic E-state index is 0.0232. The van der Waals surface area contributed by atoms with Crippen molar-refractivity contribution in [2.24, 2.45) is 0 Å². The number of benzene rings is 1. The average Bonchev–Trinajstić information content (AvgIpc) is 2.01. The number of nitrogens with one attached hydrogen (secondary N) is 1. The van der Waals surface area contributed by atoms with E-state index >= 15 is 0 Å². The largest absolute Gasteiger partial charge is 0.508 e. The quantitative estimate of drug-likeness (QED) is 0.702. The maximum absolute atomic E-state index is 9.22. The molecule has 0 aliphatic rings. The van der Waals surface area contributed by atoms with E-state index in [-0.39, 0.29) is 11.3 Å². The highest BCUT2D eigenvalue weighted by atomic mass is 16.3. The second-order valence-corrected chi connectivity index (χ2v) is 4.40. The molecule has 0 saturated heterocycles. The van der Waals surface area contributed by atoms with Gasteiger partial charge in [-0.2, -0.15) is 0 Å². The van der Waals surface area contributed by atoms with Crippen LogP contribution < -0.4 is 5.32 Å². The van der Waals surface area contributed by atoms with Gasteiger partial charge in [0.2, 0.25) is 0 Å². The number of aliphatic hydroxyl groups excluding tert-OH is 1. The Morgan fingerprint density at radius 1 is 1.36 bits per heavy atom. The van der Waals surface area contributed by atoms with E-state index in [1.54, 1.807) is 0 Å². The molecule has 1 aromatic rings. The van der Waals surface area contributed by atoms with Crippen molar-refractivity contribution >= 4 is 11.4 Å². The first kappa shape index (κ1) is 10.6. The molecule has 0 bridgehead atoms. The van der Waals surface area contributed by atoms with Crippen LogP contribution in [-0.4, -0.2) is 10.6 Å². The summed E-state index contributed by atoms with van der Waals surface area (Å²) >= 11 is 0. The Kier molecular flexibility index (Phi) is 2.84. The minimum Gasteiger partial charge on any atom is -0.508 e. The third-order valence-electron chi connectivity index (χ3n) is 1.72. The maximum Gasteiger partial charge on any atom is 0.115 e. The van der Waals surface area contributed by atoms with Crippen LogP contribution in [-0.2, 0) is 0 Å². The highest BCUT2D eigenvalue weighted by Gasteiger charge is 2.09. The van der Waals surface area contributed by atoms with Gasteiger partial charge in [0.1, 0.15) is 5.76 Å². The molecule has 0 unspecified atom stereocenters. The van der Waals surface area contributed by atoms with Crippen LogP contribution in [0.3, 0.4) is 0 Å². The standard InChI is InChI=1S/C12H17NO/c1-9(14)10-6-5-7-11(8-10)13-12(2,3)4/h5-8,13-14H,1H2,2-4H3. The number of rotatable bonds is 2. The van der Waals surface area contributed by atoms with Gasteiger partial charge in [0.25, 0.3) is 0 Å². The Bertz CT molecular complexity index is 336. The molecule has 0 heterocycles. The molecule has 0 amide bonds. The van der Waals surface area contributed by atoms with Gasteiger partial charge in [-0.25, -0.2) is 0 Å². The maximum atomic E-state index is 9.22. The molecule has 0 radical (unpaired) electrons. The summed E-state index contributed by atoms with van der Waals surface area (Å²) < 4.78 is 0. The molecular formula is C12H17NO. The number of aliphatic hydroxyl groups is 1. The van der Waals surface area contributed by atoms with Crippen LogP contribution in [0.4, 0.5) is 5.69 Å². The molecule has 0 aromatic heterocycles. The zero-order valence-electron chi connectivity index (χ0n) is 8.96. The van der Waals surface area contributed by atoms with E-state index in [1.165, 1.54) is 0 Å². The molecule has 2 nitrogen and oxygen atoms in total. The van der Waals surface area contributed by atoms with Gasteiger partial charge >= 0.3 is 0 Å². The Morgan fingerprint density at radius 3 is 2.50 bits per heavy atom. The van der Waals surface area contributed by atoms with Crippen molar-refractivity contribution in [1.29, 1.82) is 0 Å². The predicted octanol–water partition coefficient (Wildman–Crippen LogP) is 3.43. The summed E-state index contributed by atoms with van der Waals surface area (Å²) in [7, 11) is 0. The van der Waals surface area contributed by atoms with Crippen LogP contribution in [0.1, 0.15) is 26.3 Å². The van der Waals surface area contributed by atoms with Gasteiger partial charge in [0.15, 0.2) is 0 Å². The SMILES string of the molecule is C=C(O)c1cccc(NC(C)(C)C)c1. The predicted molar refractivity (Wildman–Crippen MR) is 61.5 cm³/mol. The van der Waals surface area contributed by atoms with Gasteiger partial charge in [-0.15, -0.1) is 0 Å². The summed E-state index contributed by atoms with van der Waals surface area (Å²) in [6, 6.07) is 7.58. The Labute approximate surface area is 85.3 Å². The van der Waals surface area contributed by atoms with Crippen molar-refractivity contribution in [2.75, 3.05) is 5.32 Å². The van der Waals surface area contributed by atoms with Crippen LogP contribution in [0.25, 0.3) is 5.76 Å². The third kappa shape index (κ3) is 3.13. The molecule has 76 valence electrons. The lowest BCUT2D eigenvalue weighted by Crippen LogP contribution is -2.25. The van der Waals surface area contributed by atoms with E-state index in [0.717, 1.165) is 11.3 Å². The third-order valence-corrected chi connectivity index (χ3v) is 1.72. The molecular weight excluding hydrogens is 174 g/mol. The molecule has 1 rings (SSSR count). The molecule has 0 aliphatic carbocycles. The molecule has 2 N–H and O–H groups in total. The second-order valence-electron chi connectivity index (χ2n) is 4.40. The van der Waals surface area contributed by atoms with Crippen molar-refractivity contribution in [2.45, 2.75) is 26.3 Å². The number of hydrogen-bond donors (Lipinski definition) is 2. The van der Waals surface area contributed by atoms with E-state index in [0.29, 0.717) is 0 Å². The van der Waals surface area contributed by atoms with E-state index < -0.39 is 0 Å². The van der Waals surface area contributed by atoms with Crippen molar-refractivity contribution in [3.05, 3.63) is 36.4 Å². The van der Waals surface area contributed by atoms with Crippen molar-refractivity contribution in [1.82, 2.24) is 0 Å². The summed E-state index contributed by atoms with van der Waals surface area (Å²) in [6.45, 7) is 9.76. The highest BCUT2D eigenvalue weighted by molar-refractivity contribution is 5.61. The van der Waals surface area contributed by atoms with Gasteiger partial charge in [0, 0.05) is 16.8 Å². The first-order valence-corrected chi connectivity index (χ1v) is 4.65. The zero-order chi connectivity index (χ0) is 10.8. The molecule has 0 aliphatic heterocycles. The van der Waals surface area contributed by atoms with E-state index in [2.05, 4.69) is 32.7 Å². The molecule has 1 aromatic carbocycles. The van der Waals surface area contributed by atoms with E-state index in [1.807, 2.05) is 24.3 Å². The number of anilines is 1. The van der Waals surface area contributed by atoms with Gasteiger partial charge in [-0.3, -0.25) is 0 Å². The van der Waals surface area contributed by atoms with Gasteiger partial charge in [-0.1, -0.05) is 18.7 Å². The second kappa shape index (κ2) is 3.74.